The Morgan fingerprint density at radius 1 is 1.25 bits per heavy atom. The largest absolute Gasteiger partial charge is 0.322 e. The van der Waals surface area contributed by atoms with Crippen LogP contribution in [0.5, 0.6) is 0 Å². The molecule has 2 nitrogen and oxygen atoms in total. The highest BCUT2D eigenvalue weighted by atomic mass is 19.1. The van der Waals surface area contributed by atoms with Crippen molar-refractivity contribution < 1.29 is 9.18 Å². The van der Waals surface area contributed by atoms with E-state index in [4.69, 9.17) is 0 Å². The lowest BCUT2D eigenvalue weighted by Crippen LogP contribution is -2.11. The second-order valence-corrected chi connectivity index (χ2v) is 3.26. The molecule has 1 N–H and O–H groups in total. The number of benzene rings is 2. The van der Waals surface area contributed by atoms with Crippen molar-refractivity contribution >= 4 is 11.6 Å². The smallest absolute Gasteiger partial charge is 0.255 e. The number of anilines is 1. The van der Waals surface area contributed by atoms with E-state index in [0.717, 1.165) is 0 Å². The molecule has 0 aliphatic rings. The summed E-state index contributed by atoms with van der Waals surface area (Å²) in [6.07, 6.45) is 0. The molecule has 0 saturated carbocycles. The minimum Gasteiger partial charge on any atom is -0.322 e. The topological polar surface area (TPSA) is 29.1 Å². The fraction of sp³-hybridized carbons (Fsp3) is 0. The Balaban J connectivity index is 2.15. The SMILES string of the molecule is O=C(Nc1c[c]ccc1)c1cccc(F)c1. The van der Waals surface area contributed by atoms with Crippen LogP contribution in [-0.4, -0.2) is 5.91 Å². The maximum absolute atomic E-state index is 12.9. The fourth-order valence-electron chi connectivity index (χ4n) is 1.30. The zero-order chi connectivity index (χ0) is 11.4. The van der Waals surface area contributed by atoms with E-state index in [1.54, 1.807) is 30.3 Å². The summed E-state index contributed by atoms with van der Waals surface area (Å²) in [6, 6.07) is 15.3. The normalized spacial score (nSPS) is 9.81. The van der Waals surface area contributed by atoms with Gasteiger partial charge in [0, 0.05) is 11.3 Å². The van der Waals surface area contributed by atoms with E-state index in [0.29, 0.717) is 11.3 Å². The number of rotatable bonds is 2. The zero-order valence-electron chi connectivity index (χ0n) is 8.41. The number of halogens is 1. The van der Waals surface area contributed by atoms with Gasteiger partial charge >= 0.3 is 0 Å². The summed E-state index contributed by atoms with van der Waals surface area (Å²) in [5.41, 5.74) is 0.931. The van der Waals surface area contributed by atoms with Crippen LogP contribution < -0.4 is 5.32 Å². The lowest BCUT2D eigenvalue weighted by Gasteiger charge is -2.04. The first-order chi connectivity index (χ1) is 7.75. The molecule has 16 heavy (non-hydrogen) atoms. The summed E-state index contributed by atoms with van der Waals surface area (Å²) in [4.78, 5) is 11.7. The molecule has 0 saturated heterocycles. The van der Waals surface area contributed by atoms with Gasteiger partial charge in [-0.25, -0.2) is 4.39 Å². The highest BCUT2D eigenvalue weighted by Crippen LogP contribution is 2.09. The molecule has 0 unspecified atom stereocenters. The third-order valence-corrected chi connectivity index (χ3v) is 2.05. The number of nitrogens with one attached hydrogen (secondary N) is 1. The third-order valence-electron chi connectivity index (χ3n) is 2.05. The highest BCUT2D eigenvalue weighted by molar-refractivity contribution is 6.04. The van der Waals surface area contributed by atoms with Crippen LogP contribution in [0.15, 0.2) is 48.5 Å². The summed E-state index contributed by atoms with van der Waals surface area (Å²) in [6.45, 7) is 0. The second kappa shape index (κ2) is 4.57. The van der Waals surface area contributed by atoms with Gasteiger partial charge in [0.15, 0.2) is 0 Å². The molecule has 3 heteroatoms. The predicted molar refractivity (Wildman–Crippen MR) is 59.6 cm³/mol. The first kappa shape index (κ1) is 10.4. The second-order valence-electron chi connectivity index (χ2n) is 3.26. The Hall–Kier alpha value is -2.16. The van der Waals surface area contributed by atoms with Crippen molar-refractivity contribution in [2.75, 3.05) is 5.32 Å². The van der Waals surface area contributed by atoms with Crippen LogP contribution in [-0.2, 0) is 0 Å². The number of amides is 1. The van der Waals surface area contributed by atoms with Gasteiger partial charge in [-0.15, -0.1) is 0 Å². The number of carbonyl (C=O) groups is 1. The molecule has 1 radical (unpaired) electrons. The lowest BCUT2D eigenvalue weighted by atomic mass is 10.2. The van der Waals surface area contributed by atoms with Gasteiger partial charge in [-0.1, -0.05) is 18.2 Å². The van der Waals surface area contributed by atoms with E-state index in [-0.39, 0.29) is 5.91 Å². The first-order valence-corrected chi connectivity index (χ1v) is 4.79. The Morgan fingerprint density at radius 3 is 2.81 bits per heavy atom. The molecule has 0 aliphatic carbocycles. The summed E-state index contributed by atoms with van der Waals surface area (Å²) >= 11 is 0. The van der Waals surface area contributed by atoms with Crippen LogP contribution in [0.2, 0.25) is 0 Å². The van der Waals surface area contributed by atoms with Gasteiger partial charge in [-0.05, 0) is 36.4 Å². The molecule has 0 atom stereocenters. The van der Waals surface area contributed by atoms with Crippen molar-refractivity contribution in [3.05, 3.63) is 66.0 Å². The van der Waals surface area contributed by atoms with Crippen LogP contribution in [0.3, 0.4) is 0 Å². The average molecular weight is 214 g/mol. The molecule has 1 amide bonds. The summed E-state index contributed by atoms with van der Waals surface area (Å²) in [5, 5.41) is 2.65. The molecule has 0 spiro atoms. The maximum Gasteiger partial charge on any atom is 0.255 e. The van der Waals surface area contributed by atoms with Gasteiger partial charge in [-0.3, -0.25) is 4.79 Å². The van der Waals surface area contributed by atoms with Crippen LogP contribution in [0.4, 0.5) is 10.1 Å². The Bertz CT molecular complexity index is 496. The van der Waals surface area contributed by atoms with E-state index in [2.05, 4.69) is 11.4 Å². The standard InChI is InChI=1S/C13H9FNO/c14-11-6-4-5-10(9-11)13(16)15-12-7-2-1-3-8-12/h1-2,4-9H,(H,15,16). The Kier molecular flexibility index (Phi) is 2.96. The predicted octanol–water partition coefficient (Wildman–Crippen LogP) is 2.88. The van der Waals surface area contributed by atoms with Gasteiger partial charge < -0.3 is 5.32 Å². The summed E-state index contributed by atoms with van der Waals surface area (Å²) in [5.74, 6) is -0.758. The van der Waals surface area contributed by atoms with Crippen molar-refractivity contribution in [3.63, 3.8) is 0 Å². The van der Waals surface area contributed by atoms with E-state index in [1.165, 1.54) is 18.2 Å². The van der Waals surface area contributed by atoms with Crippen LogP contribution in [0, 0.1) is 11.9 Å². The van der Waals surface area contributed by atoms with E-state index >= 15 is 0 Å². The van der Waals surface area contributed by atoms with Crippen LogP contribution >= 0.6 is 0 Å². The summed E-state index contributed by atoms with van der Waals surface area (Å²) in [7, 11) is 0. The highest BCUT2D eigenvalue weighted by Gasteiger charge is 2.05. The Labute approximate surface area is 92.7 Å². The maximum atomic E-state index is 12.9. The van der Waals surface area contributed by atoms with Gasteiger partial charge in [0.25, 0.3) is 5.91 Å². The van der Waals surface area contributed by atoms with Gasteiger partial charge in [0.2, 0.25) is 0 Å². The van der Waals surface area contributed by atoms with Crippen molar-refractivity contribution in [1.82, 2.24) is 0 Å². The number of hydrogen-bond acceptors (Lipinski definition) is 1. The van der Waals surface area contributed by atoms with Gasteiger partial charge in [-0.2, -0.15) is 0 Å². The average Bonchev–Trinajstić information content (AvgIpc) is 2.30. The van der Waals surface area contributed by atoms with E-state index in [1.807, 2.05) is 0 Å². The first-order valence-electron chi connectivity index (χ1n) is 4.79. The number of hydrogen-bond donors (Lipinski definition) is 1. The van der Waals surface area contributed by atoms with E-state index < -0.39 is 5.82 Å². The number of carbonyl (C=O) groups excluding carboxylic acids is 1. The van der Waals surface area contributed by atoms with Gasteiger partial charge in [0.05, 0.1) is 0 Å². The van der Waals surface area contributed by atoms with E-state index in [9.17, 15) is 9.18 Å². The molecule has 79 valence electrons. The summed E-state index contributed by atoms with van der Waals surface area (Å²) < 4.78 is 12.9. The monoisotopic (exact) mass is 214 g/mol. The quantitative estimate of drug-likeness (QED) is 0.818. The molecule has 0 aliphatic heterocycles. The van der Waals surface area contributed by atoms with Crippen molar-refractivity contribution in [1.29, 1.82) is 0 Å². The van der Waals surface area contributed by atoms with Crippen molar-refractivity contribution in [2.24, 2.45) is 0 Å². The molecule has 2 aromatic rings. The molecule has 2 rings (SSSR count). The Morgan fingerprint density at radius 2 is 2.12 bits per heavy atom. The minimum atomic E-state index is -0.424. The van der Waals surface area contributed by atoms with Crippen molar-refractivity contribution in [2.45, 2.75) is 0 Å². The molecule has 0 aromatic heterocycles. The molecule has 0 fully saturated rings. The van der Waals surface area contributed by atoms with Crippen LogP contribution in [0.25, 0.3) is 0 Å². The third kappa shape index (κ3) is 2.45. The molecule has 0 heterocycles. The molecular weight excluding hydrogens is 205 g/mol. The molecular formula is C13H9FNO. The fourth-order valence-corrected chi connectivity index (χ4v) is 1.30. The molecule has 2 aromatic carbocycles. The van der Waals surface area contributed by atoms with Gasteiger partial charge in [0.1, 0.15) is 5.82 Å². The van der Waals surface area contributed by atoms with Crippen LogP contribution in [0.1, 0.15) is 10.4 Å². The minimum absolute atomic E-state index is 0.295. The lowest BCUT2D eigenvalue weighted by molar-refractivity contribution is 0.102. The zero-order valence-corrected chi connectivity index (χ0v) is 8.41. The van der Waals surface area contributed by atoms with Crippen molar-refractivity contribution in [3.8, 4) is 0 Å². The molecule has 0 bridgehead atoms.